The Morgan fingerprint density at radius 3 is 2.33 bits per heavy atom. The highest BCUT2D eigenvalue weighted by molar-refractivity contribution is 7.92. The molecule has 0 aliphatic carbocycles. The van der Waals surface area contributed by atoms with E-state index >= 15 is 0 Å². The molecule has 0 aliphatic heterocycles. The zero-order valence-corrected chi connectivity index (χ0v) is 25.0. The third-order valence-electron chi connectivity index (χ3n) is 6.55. The third-order valence-corrected chi connectivity index (χ3v) is 7.89. The van der Waals surface area contributed by atoms with Crippen molar-refractivity contribution in [1.29, 1.82) is 0 Å². The monoisotopic (exact) mass is 591 g/mol. The first-order valence-electron chi connectivity index (χ1n) is 14.0. The molecule has 0 aliphatic rings. The Balaban J connectivity index is 1.57. The van der Waals surface area contributed by atoms with Crippen molar-refractivity contribution < 1.29 is 22.7 Å². The van der Waals surface area contributed by atoms with Crippen LogP contribution in [0, 0.1) is 0 Å². The van der Waals surface area contributed by atoms with Crippen LogP contribution < -0.4 is 20.1 Å². The number of fused-ring (bicyclic) bond motifs is 1. The van der Waals surface area contributed by atoms with E-state index in [4.69, 9.17) is 9.47 Å². The number of nitrogens with zero attached hydrogens (tertiary/aromatic N) is 2. The molecule has 0 unspecified atom stereocenters. The normalized spacial score (nSPS) is 11.3. The van der Waals surface area contributed by atoms with Crippen molar-refractivity contribution in [2.45, 2.75) is 44.4 Å². The number of unbranched alkanes of at least 4 members (excludes halogenated alkanes) is 1. The minimum absolute atomic E-state index is 0.0245. The number of hydrogen-bond donors (Lipinski definition) is 3. The summed E-state index contributed by atoms with van der Waals surface area (Å²) in [6.45, 7) is 5.80. The molecule has 0 spiro atoms. The number of amides is 1. The number of aromatic nitrogens is 2. The zero-order valence-electron chi connectivity index (χ0n) is 24.1. The van der Waals surface area contributed by atoms with Crippen LogP contribution >= 0.6 is 0 Å². The van der Waals surface area contributed by atoms with Crippen molar-refractivity contribution in [3.8, 4) is 5.75 Å². The smallest absolute Gasteiger partial charge is 0.263 e. The molecule has 0 saturated carbocycles. The lowest BCUT2D eigenvalue weighted by molar-refractivity contribution is 0.0940. The predicted octanol–water partition coefficient (Wildman–Crippen LogP) is 5.68. The first-order valence-corrected chi connectivity index (χ1v) is 15.5. The van der Waals surface area contributed by atoms with Crippen LogP contribution in [0.5, 0.6) is 5.75 Å². The van der Waals surface area contributed by atoms with Crippen molar-refractivity contribution in [2.75, 3.05) is 36.9 Å². The molecular weight excluding hydrogens is 554 g/mol. The van der Waals surface area contributed by atoms with Gasteiger partial charge in [-0.1, -0.05) is 44.5 Å². The molecule has 11 heteroatoms. The van der Waals surface area contributed by atoms with Gasteiger partial charge in [0.1, 0.15) is 5.75 Å². The lowest BCUT2D eigenvalue weighted by Gasteiger charge is -2.16. The summed E-state index contributed by atoms with van der Waals surface area (Å²) in [7, 11) is -2.56. The molecule has 0 fully saturated rings. The van der Waals surface area contributed by atoms with E-state index in [9.17, 15) is 13.2 Å². The standard InChI is InChI=1S/C31H37N5O5S/c1-4-6-18-41-19-10-17-32-31(37)23-11-9-12-25(20-23)42(38,39)36-30-29(33-26-13-7-8-14-27(26)34-30)35-28-21-24(40-3)16-15-22(28)5-2/h7-9,11-16,20-21H,4-6,10,17-19H2,1-3H3,(H,32,37)(H,33,35)(H,34,36). The maximum Gasteiger partial charge on any atom is 0.263 e. The van der Waals surface area contributed by atoms with Crippen molar-refractivity contribution in [3.63, 3.8) is 0 Å². The molecule has 1 amide bonds. The lowest BCUT2D eigenvalue weighted by atomic mass is 10.1. The second-order valence-corrected chi connectivity index (χ2v) is 11.3. The Morgan fingerprint density at radius 2 is 1.62 bits per heavy atom. The number of sulfonamides is 1. The van der Waals surface area contributed by atoms with Gasteiger partial charge < -0.3 is 20.1 Å². The molecular formula is C31H37N5O5S. The van der Waals surface area contributed by atoms with E-state index in [1.807, 2.05) is 31.2 Å². The van der Waals surface area contributed by atoms with Crippen LogP contribution in [0.25, 0.3) is 11.0 Å². The molecule has 3 aromatic carbocycles. The highest BCUT2D eigenvalue weighted by Gasteiger charge is 2.21. The van der Waals surface area contributed by atoms with Crippen LogP contribution in [0.2, 0.25) is 0 Å². The van der Waals surface area contributed by atoms with Crippen molar-refractivity contribution in [3.05, 3.63) is 77.9 Å². The summed E-state index contributed by atoms with van der Waals surface area (Å²) in [6.07, 6.45) is 3.47. The molecule has 0 bridgehead atoms. The van der Waals surface area contributed by atoms with Crippen LogP contribution in [0.4, 0.5) is 17.3 Å². The molecule has 222 valence electrons. The molecule has 4 rings (SSSR count). The van der Waals surface area contributed by atoms with Crippen LogP contribution in [-0.4, -0.2) is 51.2 Å². The number of anilines is 3. The van der Waals surface area contributed by atoms with Crippen molar-refractivity contribution >= 4 is 44.3 Å². The SMILES string of the molecule is CCCCOCCCNC(=O)c1cccc(S(=O)(=O)Nc2nc3ccccc3nc2Nc2cc(OC)ccc2CC)c1. The minimum atomic E-state index is -4.14. The van der Waals surface area contributed by atoms with Gasteiger partial charge in [0.15, 0.2) is 11.6 Å². The fourth-order valence-electron chi connectivity index (χ4n) is 4.21. The van der Waals surface area contributed by atoms with Gasteiger partial charge >= 0.3 is 0 Å². The van der Waals surface area contributed by atoms with Gasteiger partial charge in [-0.3, -0.25) is 9.52 Å². The summed E-state index contributed by atoms with van der Waals surface area (Å²) in [6, 6.07) is 18.7. The van der Waals surface area contributed by atoms with E-state index in [2.05, 4.69) is 32.2 Å². The Kier molecular flexibility index (Phi) is 10.7. The Morgan fingerprint density at radius 1 is 0.881 bits per heavy atom. The minimum Gasteiger partial charge on any atom is -0.497 e. The number of methoxy groups -OCH3 is 1. The number of carbonyl (C=O) groups excluding carboxylic acids is 1. The van der Waals surface area contributed by atoms with Crippen molar-refractivity contribution in [2.24, 2.45) is 0 Å². The molecule has 1 heterocycles. The van der Waals surface area contributed by atoms with Crippen LogP contribution in [-0.2, 0) is 21.2 Å². The van der Waals surface area contributed by atoms with E-state index in [0.29, 0.717) is 43.0 Å². The fourth-order valence-corrected chi connectivity index (χ4v) is 5.27. The van der Waals surface area contributed by atoms with E-state index in [1.165, 1.54) is 18.2 Å². The molecule has 0 radical (unpaired) electrons. The number of benzene rings is 3. The molecule has 1 aromatic heterocycles. The average molecular weight is 592 g/mol. The summed E-state index contributed by atoms with van der Waals surface area (Å²) < 4.78 is 40.6. The van der Waals surface area contributed by atoms with E-state index < -0.39 is 10.0 Å². The Hall–Kier alpha value is -4.22. The van der Waals surface area contributed by atoms with Gasteiger partial charge in [0.25, 0.3) is 15.9 Å². The quantitative estimate of drug-likeness (QED) is 0.151. The van der Waals surface area contributed by atoms with Gasteiger partial charge in [0, 0.05) is 37.1 Å². The third kappa shape index (κ3) is 7.95. The van der Waals surface area contributed by atoms with Gasteiger partial charge in [0.2, 0.25) is 0 Å². The van der Waals surface area contributed by atoms with E-state index in [0.717, 1.165) is 30.5 Å². The fraction of sp³-hybridized carbons (Fsp3) is 0.323. The first-order chi connectivity index (χ1) is 20.3. The van der Waals surface area contributed by atoms with Gasteiger partial charge in [-0.25, -0.2) is 18.4 Å². The lowest BCUT2D eigenvalue weighted by Crippen LogP contribution is -2.25. The zero-order chi connectivity index (χ0) is 30.0. The molecule has 42 heavy (non-hydrogen) atoms. The second kappa shape index (κ2) is 14.6. The second-order valence-electron chi connectivity index (χ2n) is 9.62. The van der Waals surface area contributed by atoms with Gasteiger partial charge in [-0.05, 0) is 61.2 Å². The number of ether oxygens (including phenoxy) is 2. The number of nitrogens with one attached hydrogen (secondary N) is 3. The van der Waals surface area contributed by atoms with E-state index in [-0.39, 0.29) is 28.0 Å². The summed E-state index contributed by atoms with van der Waals surface area (Å²) >= 11 is 0. The van der Waals surface area contributed by atoms with Crippen LogP contribution in [0.3, 0.4) is 0 Å². The number of carbonyl (C=O) groups is 1. The topological polar surface area (TPSA) is 132 Å². The number of aryl methyl sites for hydroxylation is 1. The van der Waals surface area contributed by atoms with Crippen LogP contribution in [0.15, 0.2) is 71.6 Å². The first kappa shape index (κ1) is 30.7. The maximum absolute atomic E-state index is 13.6. The van der Waals surface area contributed by atoms with E-state index in [1.54, 1.807) is 31.4 Å². The Labute approximate surface area is 246 Å². The van der Waals surface area contributed by atoms with Crippen molar-refractivity contribution in [1.82, 2.24) is 15.3 Å². The summed E-state index contributed by atoms with van der Waals surface area (Å²) in [5, 5.41) is 6.07. The van der Waals surface area contributed by atoms with Gasteiger partial charge in [-0.15, -0.1) is 0 Å². The van der Waals surface area contributed by atoms with Gasteiger partial charge in [-0.2, -0.15) is 0 Å². The Bertz CT molecular complexity index is 1630. The molecule has 0 saturated heterocycles. The highest BCUT2D eigenvalue weighted by atomic mass is 32.2. The summed E-state index contributed by atoms with van der Waals surface area (Å²) in [4.78, 5) is 21.9. The highest BCUT2D eigenvalue weighted by Crippen LogP contribution is 2.31. The molecule has 3 N–H and O–H groups in total. The summed E-state index contributed by atoms with van der Waals surface area (Å²) in [5.74, 6) is 0.537. The van der Waals surface area contributed by atoms with Gasteiger partial charge in [0.05, 0.1) is 23.0 Å². The molecule has 10 nitrogen and oxygen atoms in total. The maximum atomic E-state index is 13.6. The predicted molar refractivity (Wildman–Crippen MR) is 165 cm³/mol. The number of rotatable bonds is 15. The molecule has 4 aromatic rings. The summed E-state index contributed by atoms with van der Waals surface area (Å²) in [5.41, 5.74) is 3.06. The van der Waals surface area contributed by atoms with Crippen LogP contribution in [0.1, 0.15) is 49.0 Å². The average Bonchev–Trinajstić information content (AvgIpc) is 3.00. The number of para-hydroxylation sites is 2. The largest absolute Gasteiger partial charge is 0.497 e. The molecule has 0 atom stereocenters. The number of hydrogen-bond acceptors (Lipinski definition) is 8.